The fourth-order valence-corrected chi connectivity index (χ4v) is 5.56. The van der Waals surface area contributed by atoms with Crippen molar-refractivity contribution in [2.24, 2.45) is 5.73 Å². The van der Waals surface area contributed by atoms with E-state index in [-0.39, 0.29) is 19.4 Å². The summed E-state index contributed by atoms with van der Waals surface area (Å²) in [5.74, 6) is -2.41. The first kappa shape index (κ1) is 47.7. The number of carboxylic acids is 1. The molecular weight excluding hydrogens is 661 g/mol. The zero-order valence-corrected chi connectivity index (χ0v) is 31.9. The maximum absolute atomic E-state index is 12.5. The van der Waals surface area contributed by atoms with Crippen LogP contribution in [0.25, 0.3) is 0 Å². The first-order valence-electron chi connectivity index (χ1n) is 19.0. The number of phosphoric ester groups is 1. The lowest BCUT2D eigenvalue weighted by Crippen LogP contribution is -2.34. The molecule has 0 radical (unpaired) electrons. The predicted molar refractivity (Wildman–Crippen MR) is 199 cm³/mol. The number of esters is 2. The van der Waals surface area contributed by atoms with Gasteiger partial charge in [-0.15, -0.1) is 0 Å². The molecule has 1 unspecified atom stereocenters. The smallest absolute Gasteiger partial charge is 0.472 e. The fraction of sp³-hybridized carbons (Fsp3) is 0.763. The molecule has 0 aliphatic rings. The number of allylic oxidation sites excluding steroid dienone is 6. The van der Waals surface area contributed by atoms with Gasteiger partial charge in [-0.3, -0.25) is 23.4 Å². The summed E-state index contributed by atoms with van der Waals surface area (Å²) >= 11 is 0. The van der Waals surface area contributed by atoms with Crippen molar-refractivity contribution < 1.29 is 47.5 Å². The van der Waals surface area contributed by atoms with E-state index in [4.69, 9.17) is 24.8 Å². The lowest BCUT2D eigenvalue weighted by molar-refractivity contribution is -0.161. The van der Waals surface area contributed by atoms with Crippen molar-refractivity contribution in [2.75, 3.05) is 19.8 Å². The number of phosphoric acid groups is 1. The van der Waals surface area contributed by atoms with E-state index >= 15 is 0 Å². The third kappa shape index (κ3) is 32.9. The third-order valence-corrected chi connectivity index (χ3v) is 8.81. The maximum Gasteiger partial charge on any atom is 0.472 e. The van der Waals surface area contributed by atoms with Crippen molar-refractivity contribution in [1.29, 1.82) is 0 Å². The van der Waals surface area contributed by atoms with Gasteiger partial charge in [0.1, 0.15) is 12.6 Å². The Morgan fingerprint density at radius 3 is 1.64 bits per heavy atom. The summed E-state index contributed by atoms with van der Waals surface area (Å²) in [4.78, 5) is 45.7. The summed E-state index contributed by atoms with van der Waals surface area (Å²) < 4.78 is 32.5. The van der Waals surface area contributed by atoms with Gasteiger partial charge in [-0.05, 0) is 64.2 Å². The first-order valence-corrected chi connectivity index (χ1v) is 20.5. The molecule has 0 heterocycles. The summed E-state index contributed by atoms with van der Waals surface area (Å²) in [5.41, 5.74) is 5.31. The van der Waals surface area contributed by atoms with Gasteiger partial charge >= 0.3 is 25.7 Å². The van der Waals surface area contributed by atoms with Crippen LogP contribution in [-0.2, 0) is 37.5 Å². The van der Waals surface area contributed by atoms with Gasteiger partial charge in [-0.2, -0.15) is 0 Å². The van der Waals surface area contributed by atoms with Gasteiger partial charge in [0.25, 0.3) is 0 Å². The van der Waals surface area contributed by atoms with Crippen LogP contribution in [0.3, 0.4) is 0 Å². The molecule has 0 aliphatic heterocycles. The van der Waals surface area contributed by atoms with Crippen LogP contribution in [0.1, 0.15) is 155 Å². The molecule has 3 atom stereocenters. The Balaban J connectivity index is 4.47. The quantitative estimate of drug-likeness (QED) is 0.0246. The van der Waals surface area contributed by atoms with Crippen LogP contribution < -0.4 is 5.73 Å². The summed E-state index contributed by atoms with van der Waals surface area (Å²) in [6.07, 6.45) is 33.6. The molecule has 290 valence electrons. The Bertz CT molecular complexity index is 1000. The molecular formula is C38H68NO10P. The molecule has 50 heavy (non-hydrogen) atoms. The van der Waals surface area contributed by atoms with Gasteiger partial charge in [0.2, 0.25) is 0 Å². The standard InChI is InChI=1S/C38H68NO10P/c1-3-5-7-9-11-13-15-16-17-18-20-21-23-25-27-29-36(40)46-31-34(32-47-50(44,45)48-33-35(39)38(42)43)49-37(41)30-28-26-24-22-19-14-12-10-8-6-4-2/h10-13,16-17,34-35H,3-9,14-15,18-33,39H2,1-2H3,(H,42,43)(H,44,45)/b12-10+,13-11+,17-16+/t34-,35+/m1/s1. The Morgan fingerprint density at radius 2 is 1.08 bits per heavy atom. The molecule has 0 aliphatic carbocycles. The van der Waals surface area contributed by atoms with Crippen LogP contribution in [0.15, 0.2) is 36.5 Å². The Kier molecular flexibility index (Phi) is 32.3. The van der Waals surface area contributed by atoms with E-state index in [1.165, 1.54) is 32.1 Å². The van der Waals surface area contributed by atoms with Gasteiger partial charge in [0.15, 0.2) is 6.10 Å². The van der Waals surface area contributed by atoms with E-state index in [0.717, 1.165) is 83.5 Å². The second-order valence-electron chi connectivity index (χ2n) is 12.7. The topological polar surface area (TPSA) is 172 Å². The van der Waals surface area contributed by atoms with Crippen LogP contribution in [-0.4, -0.2) is 59.9 Å². The zero-order valence-electron chi connectivity index (χ0n) is 31.0. The summed E-state index contributed by atoms with van der Waals surface area (Å²) in [7, 11) is -4.71. The molecule has 0 amide bonds. The van der Waals surface area contributed by atoms with E-state index in [9.17, 15) is 23.8 Å². The number of ether oxygens (including phenoxy) is 2. The number of carboxylic acid groups (broad SMARTS) is 1. The molecule has 0 spiro atoms. The number of unbranched alkanes of at least 4 members (excludes halogenated alkanes) is 15. The molecule has 4 N–H and O–H groups in total. The minimum atomic E-state index is -4.71. The zero-order chi connectivity index (χ0) is 37.1. The largest absolute Gasteiger partial charge is 0.480 e. The normalized spacial score (nSPS) is 14.3. The van der Waals surface area contributed by atoms with Crippen LogP contribution in [0, 0.1) is 0 Å². The van der Waals surface area contributed by atoms with Crippen molar-refractivity contribution in [3.05, 3.63) is 36.5 Å². The minimum absolute atomic E-state index is 0.147. The number of rotatable bonds is 35. The predicted octanol–water partition coefficient (Wildman–Crippen LogP) is 9.28. The minimum Gasteiger partial charge on any atom is -0.480 e. The number of hydrogen-bond acceptors (Lipinski definition) is 9. The molecule has 0 saturated carbocycles. The average Bonchev–Trinajstić information content (AvgIpc) is 3.09. The van der Waals surface area contributed by atoms with Gasteiger partial charge in [-0.25, -0.2) is 4.57 Å². The second kappa shape index (κ2) is 33.8. The molecule has 0 aromatic carbocycles. The highest BCUT2D eigenvalue weighted by molar-refractivity contribution is 7.47. The van der Waals surface area contributed by atoms with E-state index in [0.29, 0.717) is 12.8 Å². The highest BCUT2D eigenvalue weighted by atomic mass is 31.2. The van der Waals surface area contributed by atoms with E-state index in [2.05, 4.69) is 54.8 Å². The summed E-state index contributed by atoms with van der Waals surface area (Å²) in [6, 6.07) is -1.52. The molecule has 0 aromatic heterocycles. The summed E-state index contributed by atoms with van der Waals surface area (Å²) in [5, 5.41) is 8.85. The number of hydrogen-bond donors (Lipinski definition) is 3. The third-order valence-electron chi connectivity index (χ3n) is 7.86. The first-order chi connectivity index (χ1) is 24.1. The van der Waals surface area contributed by atoms with Crippen molar-refractivity contribution in [3.63, 3.8) is 0 Å². The molecule has 0 bridgehead atoms. The van der Waals surface area contributed by atoms with Crippen molar-refractivity contribution >= 4 is 25.7 Å². The van der Waals surface area contributed by atoms with Crippen molar-refractivity contribution in [2.45, 2.75) is 167 Å². The highest BCUT2D eigenvalue weighted by Gasteiger charge is 2.28. The van der Waals surface area contributed by atoms with Gasteiger partial charge in [0.05, 0.1) is 13.2 Å². The number of nitrogens with two attached hydrogens (primary N) is 1. The second-order valence-corrected chi connectivity index (χ2v) is 14.2. The van der Waals surface area contributed by atoms with E-state index in [1.807, 2.05) is 0 Å². The van der Waals surface area contributed by atoms with Gasteiger partial charge < -0.3 is 25.2 Å². The molecule has 11 nitrogen and oxygen atoms in total. The summed E-state index contributed by atoms with van der Waals surface area (Å²) in [6.45, 7) is 2.68. The molecule has 0 fully saturated rings. The van der Waals surface area contributed by atoms with Crippen molar-refractivity contribution in [1.82, 2.24) is 0 Å². The van der Waals surface area contributed by atoms with Crippen LogP contribution in [0.5, 0.6) is 0 Å². The Hall–Kier alpha value is -2.30. The van der Waals surface area contributed by atoms with E-state index < -0.39 is 51.1 Å². The van der Waals surface area contributed by atoms with Crippen molar-refractivity contribution in [3.8, 4) is 0 Å². The molecule has 12 heteroatoms. The van der Waals surface area contributed by atoms with Crippen LogP contribution in [0.2, 0.25) is 0 Å². The van der Waals surface area contributed by atoms with Crippen LogP contribution >= 0.6 is 7.82 Å². The molecule has 0 aromatic rings. The SMILES string of the molecule is CCCC/C=C/CCCCCCCC(=O)O[C@H](COC(=O)CCCCCCC/C=C/C/C=C/CCCCC)COP(=O)(O)OC[C@H](N)C(=O)O. The number of aliphatic carboxylic acids is 1. The average molecular weight is 730 g/mol. The van der Waals surface area contributed by atoms with Gasteiger partial charge in [0, 0.05) is 12.8 Å². The number of carbonyl (C=O) groups is 3. The molecule has 0 rings (SSSR count). The number of carbonyl (C=O) groups excluding carboxylic acids is 2. The fourth-order valence-electron chi connectivity index (χ4n) is 4.78. The Morgan fingerprint density at radius 1 is 0.620 bits per heavy atom. The highest BCUT2D eigenvalue weighted by Crippen LogP contribution is 2.43. The van der Waals surface area contributed by atoms with Crippen LogP contribution in [0.4, 0.5) is 0 Å². The lowest BCUT2D eigenvalue weighted by atomic mass is 10.1. The lowest BCUT2D eigenvalue weighted by Gasteiger charge is -2.20. The van der Waals surface area contributed by atoms with E-state index in [1.54, 1.807) is 0 Å². The maximum atomic E-state index is 12.5. The Labute approximate surface area is 302 Å². The molecule has 0 saturated heterocycles. The monoisotopic (exact) mass is 729 g/mol. The van der Waals surface area contributed by atoms with Gasteiger partial charge in [-0.1, -0.05) is 115 Å².